The fourth-order valence-electron chi connectivity index (χ4n) is 2.05. The van der Waals surface area contributed by atoms with Gasteiger partial charge in [0, 0.05) is 17.2 Å². The molecule has 0 saturated heterocycles. The van der Waals surface area contributed by atoms with Crippen molar-refractivity contribution >= 4 is 23.9 Å². The normalized spacial score (nSPS) is 11.5. The minimum Gasteiger partial charge on any atom is -0.267 e. The van der Waals surface area contributed by atoms with Gasteiger partial charge in [-0.25, -0.2) is 5.43 Å². The summed E-state index contributed by atoms with van der Waals surface area (Å²) < 4.78 is 0. The first kappa shape index (κ1) is 17.1. The summed E-state index contributed by atoms with van der Waals surface area (Å²) in [5.41, 5.74) is 4.86. The number of aryl methyl sites for hydroxylation is 1. The van der Waals surface area contributed by atoms with Crippen LogP contribution in [-0.2, 0) is 0 Å². The van der Waals surface area contributed by atoms with Gasteiger partial charge in [-0.3, -0.25) is 14.9 Å². The monoisotopic (exact) mass is 323 g/mol. The number of nitro groups is 1. The van der Waals surface area contributed by atoms with Crippen LogP contribution in [0.4, 0.5) is 5.69 Å². The second kappa shape index (κ2) is 7.82. The highest BCUT2D eigenvalue weighted by Crippen LogP contribution is 2.19. The summed E-state index contributed by atoms with van der Waals surface area (Å²) in [6.45, 7) is 3.48. The van der Waals surface area contributed by atoms with Crippen LogP contribution in [-0.4, -0.2) is 17.0 Å². The molecule has 0 bridgehead atoms. The van der Waals surface area contributed by atoms with Crippen molar-refractivity contribution in [1.29, 1.82) is 0 Å². The summed E-state index contributed by atoms with van der Waals surface area (Å²) >= 11 is 0. The molecule has 0 aliphatic carbocycles. The molecule has 0 fully saturated rings. The number of nitro benzene ring substituents is 1. The molecule has 1 N–H and O–H groups in total. The molecule has 0 atom stereocenters. The molecule has 0 heterocycles. The summed E-state index contributed by atoms with van der Waals surface area (Å²) in [6, 6.07) is 14.0. The average molecular weight is 323 g/mol. The number of amides is 1. The molecule has 6 nitrogen and oxygen atoms in total. The second-order valence-corrected chi connectivity index (χ2v) is 5.26. The van der Waals surface area contributed by atoms with E-state index in [4.69, 9.17) is 0 Å². The van der Waals surface area contributed by atoms with Crippen molar-refractivity contribution in [3.8, 4) is 0 Å². The van der Waals surface area contributed by atoms with Crippen LogP contribution in [0.1, 0.15) is 28.4 Å². The van der Waals surface area contributed by atoms with Gasteiger partial charge in [-0.15, -0.1) is 0 Å². The fourth-order valence-corrected chi connectivity index (χ4v) is 2.05. The second-order valence-electron chi connectivity index (χ2n) is 5.26. The van der Waals surface area contributed by atoms with Gasteiger partial charge in [0.05, 0.1) is 11.1 Å². The van der Waals surface area contributed by atoms with Crippen molar-refractivity contribution in [1.82, 2.24) is 5.43 Å². The van der Waals surface area contributed by atoms with E-state index in [9.17, 15) is 14.9 Å². The Balaban J connectivity index is 2.04. The average Bonchev–Trinajstić information content (AvgIpc) is 2.55. The number of hydrogen-bond acceptors (Lipinski definition) is 4. The Hall–Kier alpha value is -3.28. The lowest BCUT2D eigenvalue weighted by Crippen LogP contribution is -2.17. The Morgan fingerprint density at radius 3 is 2.58 bits per heavy atom. The van der Waals surface area contributed by atoms with Crippen molar-refractivity contribution < 1.29 is 9.72 Å². The standard InChI is InChI=1S/C18H17N3O3/c1-13(10-15-6-4-3-5-7-15)12-19-20-18(22)16-9-8-14(2)17(11-16)21(23)24/h3-12H,1-2H3,(H,20,22)/b13-10-,19-12?. The largest absolute Gasteiger partial charge is 0.273 e. The van der Waals surface area contributed by atoms with Crippen molar-refractivity contribution in [2.45, 2.75) is 13.8 Å². The summed E-state index contributed by atoms with van der Waals surface area (Å²) in [6.07, 6.45) is 3.44. The number of hydrogen-bond donors (Lipinski definition) is 1. The molecule has 24 heavy (non-hydrogen) atoms. The van der Waals surface area contributed by atoms with Crippen LogP contribution in [0.5, 0.6) is 0 Å². The zero-order valence-corrected chi connectivity index (χ0v) is 13.4. The highest BCUT2D eigenvalue weighted by atomic mass is 16.6. The Morgan fingerprint density at radius 2 is 1.92 bits per heavy atom. The molecule has 0 aliphatic rings. The van der Waals surface area contributed by atoms with Crippen molar-refractivity contribution in [2.24, 2.45) is 5.10 Å². The highest BCUT2D eigenvalue weighted by Gasteiger charge is 2.14. The third-order valence-corrected chi connectivity index (χ3v) is 3.30. The molecular formula is C18H17N3O3. The predicted octanol–water partition coefficient (Wildman–Crippen LogP) is 3.72. The SMILES string of the molecule is C/C(C=NNC(=O)c1ccc(C)c([N+](=O)[O-])c1)=C/c1ccccc1. The Kier molecular flexibility index (Phi) is 5.57. The predicted molar refractivity (Wildman–Crippen MR) is 93.9 cm³/mol. The maximum atomic E-state index is 12.0. The third kappa shape index (κ3) is 4.61. The van der Waals surface area contributed by atoms with Gasteiger partial charge in [0.15, 0.2) is 0 Å². The highest BCUT2D eigenvalue weighted by molar-refractivity contribution is 5.95. The van der Waals surface area contributed by atoms with Crippen LogP contribution >= 0.6 is 0 Å². The number of nitrogens with one attached hydrogen (secondary N) is 1. The lowest BCUT2D eigenvalue weighted by atomic mass is 10.1. The molecule has 2 aromatic carbocycles. The number of allylic oxidation sites excluding steroid dienone is 1. The molecule has 0 unspecified atom stereocenters. The van der Waals surface area contributed by atoms with Gasteiger partial charge in [0.25, 0.3) is 11.6 Å². The zero-order valence-electron chi connectivity index (χ0n) is 13.4. The molecule has 0 aliphatic heterocycles. The van der Waals surface area contributed by atoms with Gasteiger partial charge in [0.2, 0.25) is 0 Å². The van der Waals surface area contributed by atoms with E-state index in [0.29, 0.717) is 5.56 Å². The molecule has 0 saturated carbocycles. The Labute approximate surface area is 139 Å². The lowest BCUT2D eigenvalue weighted by Gasteiger charge is -2.02. The van der Waals surface area contributed by atoms with Crippen molar-refractivity contribution in [3.05, 3.63) is 80.9 Å². The number of hydrazone groups is 1. The number of benzene rings is 2. The third-order valence-electron chi connectivity index (χ3n) is 3.30. The minimum atomic E-state index is -0.512. The van der Waals surface area contributed by atoms with Gasteiger partial charge in [-0.2, -0.15) is 5.10 Å². The van der Waals surface area contributed by atoms with E-state index in [2.05, 4.69) is 10.5 Å². The van der Waals surface area contributed by atoms with Crippen LogP contribution in [0.15, 0.2) is 59.2 Å². The summed E-state index contributed by atoms with van der Waals surface area (Å²) in [4.78, 5) is 22.4. The molecule has 2 rings (SSSR count). The van der Waals surface area contributed by atoms with E-state index in [1.165, 1.54) is 24.4 Å². The maximum Gasteiger partial charge on any atom is 0.273 e. The molecule has 122 valence electrons. The molecule has 1 amide bonds. The minimum absolute atomic E-state index is 0.0909. The summed E-state index contributed by atoms with van der Waals surface area (Å²) in [5.74, 6) is -0.498. The van der Waals surface area contributed by atoms with Gasteiger partial charge in [-0.1, -0.05) is 42.5 Å². The Morgan fingerprint density at radius 1 is 1.21 bits per heavy atom. The van der Waals surface area contributed by atoms with Gasteiger partial charge < -0.3 is 0 Å². The van der Waals surface area contributed by atoms with Crippen LogP contribution in [0.2, 0.25) is 0 Å². The number of carbonyl (C=O) groups is 1. The van der Waals surface area contributed by atoms with E-state index in [1.807, 2.05) is 43.3 Å². The van der Waals surface area contributed by atoms with E-state index in [-0.39, 0.29) is 11.3 Å². The zero-order chi connectivity index (χ0) is 17.5. The topological polar surface area (TPSA) is 84.6 Å². The van der Waals surface area contributed by atoms with Gasteiger partial charge >= 0.3 is 0 Å². The van der Waals surface area contributed by atoms with Crippen LogP contribution in [0.3, 0.4) is 0 Å². The number of nitrogens with zero attached hydrogens (tertiary/aromatic N) is 2. The number of rotatable bonds is 5. The Bertz CT molecular complexity index is 812. The summed E-state index contributed by atoms with van der Waals surface area (Å²) in [5, 5.41) is 14.8. The lowest BCUT2D eigenvalue weighted by molar-refractivity contribution is -0.385. The molecular weight excluding hydrogens is 306 g/mol. The van der Waals surface area contributed by atoms with E-state index < -0.39 is 10.8 Å². The number of carbonyl (C=O) groups excluding carboxylic acids is 1. The molecule has 6 heteroatoms. The molecule has 2 aromatic rings. The molecule has 0 aromatic heterocycles. The quantitative estimate of drug-likeness (QED) is 0.517. The summed E-state index contributed by atoms with van der Waals surface area (Å²) in [7, 11) is 0. The smallest absolute Gasteiger partial charge is 0.267 e. The van der Waals surface area contributed by atoms with Crippen LogP contribution in [0, 0.1) is 17.0 Å². The van der Waals surface area contributed by atoms with E-state index >= 15 is 0 Å². The van der Waals surface area contributed by atoms with Gasteiger partial charge in [0.1, 0.15) is 0 Å². The van der Waals surface area contributed by atoms with Crippen LogP contribution in [0.25, 0.3) is 6.08 Å². The van der Waals surface area contributed by atoms with E-state index in [0.717, 1.165) is 11.1 Å². The van der Waals surface area contributed by atoms with E-state index in [1.54, 1.807) is 6.92 Å². The van der Waals surface area contributed by atoms with Gasteiger partial charge in [-0.05, 0) is 31.1 Å². The van der Waals surface area contributed by atoms with Crippen molar-refractivity contribution in [3.63, 3.8) is 0 Å². The van der Waals surface area contributed by atoms with Crippen LogP contribution < -0.4 is 5.43 Å². The fraction of sp³-hybridized carbons (Fsp3) is 0.111. The van der Waals surface area contributed by atoms with Crippen molar-refractivity contribution in [2.75, 3.05) is 0 Å². The first-order valence-corrected chi connectivity index (χ1v) is 7.29. The molecule has 0 radical (unpaired) electrons. The first-order valence-electron chi connectivity index (χ1n) is 7.29. The first-order chi connectivity index (χ1) is 11.5. The molecule has 0 spiro atoms. The maximum absolute atomic E-state index is 12.0.